The van der Waals surface area contributed by atoms with Gasteiger partial charge in [-0.2, -0.15) is 0 Å². The maximum Gasteiger partial charge on any atom is 0.339 e. The van der Waals surface area contributed by atoms with Crippen molar-refractivity contribution in [1.82, 2.24) is 4.98 Å². The largest absolute Gasteiger partial charge is 0.452 e. The Balaban J connectivity index is 1.43. The summed E-state index contributed by atoms with van der Waals surface area (Å²) < 4.78 is 5.66. The highest BCUT2D eigenvalue weighted by Gasteiger charge is 2.27. The number of carbonyl (C=O) groups is 2. The van der Waals surface area contributed by atoms with E-state index in [1.807, 2.05) is 73.7 Å². The Hall–Kier alpha value is -3.73. The molecule has 0 saturated heterocycles. The second-order valence-corrected chi connectivity index (χ2v) is 8.99. The first-order valence-electron chi connectivity index (χ1n) is 11.9. The number of anilines is 1. The van der Waals surface area contributed by atoms with Crippen LogP contribution in [0.2, 0.25) is 0 Å². The Morgan fingerprint density at radius 1 is 1.00 bits per heavy atom. The summed E-state index contributed by atoms with van der Waals surface area (Å²) in [5.74, 6) is -0.218. The van der Waals surface area contributed by atoms with Gasteiger partial charge >= 0.3 is 5.97 Å². The van der Waals surface area contributed by atoms with E-state index in [-0.39, 0.29) is 12.5 Å². The summed E-state index contributed by atoms with van der Waals surface area (Å²) in [5.41, 5.74) is 4.12. The number of benzene rings is 3. The smallest absolute Gasteiger partial charge is 0.339 e. The summed E-state index contributed by atoms with van der Waals surface area (Å²) in [6, 6.07) is 21.5. The number of para-hydroxylation sites is 1. The predicted octanol–water partition coefficient (Wildman–Crippen LogP) is 5.72. The number of pyridine rings is 1. The number of carbonyl (C=O) groups excluding carboxylic acids is 2. The number of aromatic nitrogens is 1. The minimum absolute atomic E-state index is 0.243. The van der Waals surface area contributed by atoms with Crippen LogP contribution in [-0.2, 0) is 22.4 Å². The van der Waals surface area contributed by atoms with E-state index in [0.29, 0.717) is 18.0 Å². The van der Waals surface area contributed by atoms with Crippen molar-refractivity contribution in [3.8, 4) is 0 Å². The fourth-order valence-electron chi connectivity index (χ4n) is 5.00. The van der Waals surface area contributed by atoms with Gasteiger partial charge in [-0.1, -0.05) is 61.5 Å². The van der Waals surface area contributed by atoms with E-state index < -0.39 is 5.97 Å². The molecule has 34 heavy (non-hydrogen) atoms. The number of esters is 1. The van der Waals surface area contributed by atoms with Crippen molar-refractivity contribution in [2.75, 3.05) is 18.1 Å². The second-order valence-electron chi connectivity index (χ2n) is 8.99. The van der Waals surface area contributed by atoms with Gasteiger partial charge in [-0.3, -0.25) is 9.78 Å². The highest BCUT2D eigenvalue weighted by Crippen LogP contribution is 2.32. The molecule has 0 spiro atoms. The zero-order valence-corrected chi connectivity index (χ0v) is 19.6. The fourth-order valence-corrected chi connectivity index (χ4v) is 5.00. The van der Waals surface area contributed by atoms with E-state index in [4.69, 9.17) is 9.72 Å². The Morgan fingerprint density at radius 2 is 1.74 bits per heavy atom. The molecular formula is C29H28N2O3. The van der Waals surface area contributed by atoms with Gasteiger partial charge in [-0.05, 0) is 55.2 Å². The summed E-state index contributed by atoms with van der Waals surface area (Å²) in [5, 5.41) is 2.84. The lowest BCUT2D eigenvalue weighted by Gasteiger charge is -2.25. The third-order valence-corrected chi connectivity index (χ3v) is 6.71. The molecule has 1 unspecified atom stereocenters. The molecular weight excluding hydrogens is 424 g/mol. The third-order valence-electron chi connectivity index (χ3n) is 6.71. The van der Waals surface area contributed by atoms with Gasteiger partial charge in [-0.15, -0.1) is 0 Å². The van der Waals surface area contributed by atoms with Crippen molar-refractivity contribution in [1.29, 1.82) is 0 Å². The Labute approximate surface area is 199 Å². The van der Waals surface area contributed by atoms with Crippen molar-refractivity contribution < 1.29 is 14.3 Å². The van der Waals surface area contributed by atoms with Crippen molar-refractivity contribution in [2.24, 2.45) is 5.92 Å². The van der Waals surface area contributed by atoms with Crippen LogP contribution >= 0.6 is 0 Å². The second kappa shape index (κ2) is 9.26. The number of nitrogens with zero attached hydrogens (tertiary/aromatic N) is 2. The van der Waals surface area contributed by atoms with E-state index in [1.54, 1.807) is 4.90 Å². The summed E-state index contributed by atoms with van der Waals surface area (Å²) >= 11 is 0. The minimum Gasteiger partial charge on any atom is -0.452 e. The summed E-state index contributed by atoms with van der Waals surface area (Å²) in [7, 11) is 0. The molecule has 1 aliphatic rings. The standard InChI is InChI=1S/C29H28N2O3/c1-3-31(26-14-8-10-20-9-4-5-11-21(20)26)27(32)18-34-29(33)28-22-12-6-7-13-24(22)30-25-16-15-19(2)17-23(25)28/h4-14,19H,3,15-18H2,1-2H3. The molecule has 1 atom stereocenters. The van der Waals surface area contributed by atoms with Gasteiger partial charge in [0.05, 0.1) is 16.8 Å². The molecule has 4 aromatic rings. The molecule has 0 fully saturated rings. The Kier molecular flexibility index (Phi) is 6.01. The van der Waals surface area contributed by atoms with Gasteiger partial charge in [0.2, 0.25) is 0 Å². The van der Waals surface area contributed by atoms with Crippen LogP contribution in [0.25, 0.3) is 21.7 Å². The first kappa shape index (κ1) is 22.1. The third kappa shape index (κ3) is 4.03. The molecule has 1 aromatic heterocycles. The number of fused-ring (bicyclic) bond motifs is 3. The molecule has 0 saturated carbocycles. The van der Waals surface area contributed by atoms with Crippen LogP contribution in [-0.4, -0.2) is 30.0 Å². The topological polar surface area (TPSA) is 59.5 Å². The van der Waals surface area contributed by atoms with Crippen molar-refractivity contribution in [3.05, 3.63) is 83.6 Å². The van der Waals surface area contributed by atoms with Crippen molar-refractivity contribution in [2.45, 2.75) is 33.1 Å². The van der Waals surface area contributed by atoms with Crippen LogP contribution in [0.15, 0.2) is 66.7 Å². The maximum atomic E-state index is 13.4. The average molecular weight is 453 g/mol. The SMILES string of the molecule is CCN(C(=O)COC(=O)c1c2c(nc3ccccc13)CCC(C)C2)c1cccc2ccccc12. The number of aryl methyl sites for hydroxylation is 1. The first-order chi connectivity index (χ1) is 16.6. The molecule has 0 N–H and O–H groups in total. The van der Waals surface area contributed by atoms with E-state index in [2.05, 4.69) is 6.92 Å². The van der Waals surface area contributed by atoms with E-state index >= 15 is 0 Å². The molecule has 3 aromatic carbocycles. The van der Waals surface area contributed by atoms with Gasteiger partial charge < -0.3 is 9.64 Å². The van der Waals surface area contributed by atoms with Crippen LogP contribution in [0.4, 0.5) is 5.69 Å². The van der Waals surface area contributed by atoms with Crippen LogP contribution in [0, 0.1) is 5.92 Å². The summed E-state index contributed by atoms with van der Waals surface area (Å²) in [6.07, 6.45) is 2.70. The quantitative estimate of drug-likeness (QED) is 0.363. The number of hydrogen-bond donors (Lipinski definition) is 0. The molecule has 0 aliphatic heterocycles. The minimum atomic E-state index is -0.453. The fraction of sp³-hybridized carbons (Fsp3) is 0.276. The maximum absolute atomic E-state index is 13.4. The number of rotatable bonds is 5. The van der Waals surface area contributed by atoms with Crippen LogP contribution in [0.1, 0.15) is 41.9 Å². The molecule has 1 aliphatic carbocycles. The molecule has 5 heteroatoms. The van der Waals surface area contributed by atoms with E-state index in [1.165, 1.54) is 0 Å². The molecule has 0 radical (unpaired) electrons. The highest BCUT2D eigenvalue weighted by atomic mass is 16.5. The lowest BCUT2D eigenvalue weighted by molar-refractivity contribution is -0.121. The monoisotopic (exact) mass is 452 g/mol. The van der Waals surface area contributed by atoms with E-state index in [0.717, 1.165) is 57.9 Å². The zero-order chi connectivity index (χ0) is 23.7. The number of hydrogen-bond acceptors (Lipinski definition) is 4. The summed E-state index contributed by atoms with van der Waals surface area (Å²) in [6.45, 7) is 4.29. The average Bonchev–Trinajstić information content (AvgIpc) is 2.86. The Morgan fingerprint density at radius 3 is 2.56 bits per heavy atom. The van der Waals surface area contributed by atoms with E-state index in [9.17, 15) is 9.59 Å². The van der Waals surface area contributed by atoms with Gasteiger partial charge in [0.1, 0.15) is 0 Å². The Bertz CT molecular complexity index is 1390. The van der Waals surface area contributed by atoms with Crippen molar-refractivity contribution in [3.63, 3.8) is 0 Å². The first-order valence-corrected chi connectivity index (χ1v) is 11.9. The molecule has 5 nitrogen and oxygen atoms in total. The van der Waals surface area contributed by atoms with Gasteiger partial charge in [0.15, 0.2) is 6.61 Å². The molecule has 0 bridgehead atoms. The number of likely N-dealkylation sites (N-methyl/N-ethyl adjacent to an activating group) is 1. The van der Waals surface area contributed by atoms with Gasteiger partial charge in [-0.25, -0.2) is 4.79 Å². The lowest BCUT2D eigenvalue weighted by atomic mass is 9.84. The predicted molar refractivity (Wildman–Crippen MR) is 135 cm³/mol. The summed E-state index contributed by atoms with van der Waals surface area (Å²) in [4.78, 5) is 33.1. The normalized spacial score (nSPS) is 15.2. The highest BCUT2D eigenvalue weighted by molar-refractivity contribution is 6.07. The zero-order valence-electron chi connectivity index (χ0n) is 19.6. The van der Waals surface area contributed by atoms with Crippen LogP contribution in [0.5, 0.6) is 0 Å². The lowest BCUT2D eigenvalue weighted by Crippen LogP contribution is -2.35. The number of amides is 1. The van der Waals surface area contributed by atoms with Gasteiger partial charge in [0, 0.05) is 23.0 Å². The number of ether oxygens (including phenoxy) is 1. The molecule has 1 amide bonds. The molecule has 1 heterocycles. The van der Waals surface area contributed by atoms with Crippen LogP contribution < -0.4 is 4.90 Å². The molecule has 172 valence electrons. The van der Waals surface area contributed by atoms with Gasteiger partial charge in [0.25, 0.3) is 5.91 Å². The van der Waals surface area contributed by atoms with Crippen molar-refractivity contribution >= 4 is 39.2 Å². The van der Waals surface area contributed by atoms with Crippen LogP contribution in [0.3, 0.4) is 0 Å². The molecule has 5 rings (SSSR count).